The van der Waals surface area contributed by atoms with Gasteiger partial charge in [0.2, 0.25) is 11.8 Å². The van der Waals surface area contributed by atoms with Crippen LogP contribution in [0.5, 0.6) is 0 Å². The first-order valence-electron chi connectivity index (χ1n) is 13.8. The van der Waals surface area contributed by atoms with Gasteiger partial charge in [-0.1, -0.05) is 36.4 Å². The Morgan fingerprint density at radius 2 is 1.76 bits per heavy atom. The number of anilines is 3. The number of fused-ring (bicyclic) bond motifs is 1. The molecular formula is C31H33N5O6. The molecule has 1 saturated heterocycles. The lowest BCUT2D eigenvalue weighted by atomic mass is 10.0. The van der Waals surface area contributed by atoms with E-state index in [1.54, 1.807) is 30.3 Å². The Morgan fingerprint density at radius 1 is 1.00 bits per heavy atom. The molecule has 4 aromatic rings. The number of benzene rings is 3. The largest absolute Gasteiger partial charge is 0.481 e. The van der Waals surface area contributed by atoms with Crippen molar-refractivity contribution >= 4 is 46.3 Å². The molecule has 3 aromatic carbocycles. The third kappa shape index (κ3) is 7.71. The fourth-order valence-electron chi connectivity index (χ4n) is 4.78. The second-order valence-electron chi connectivity index (χ2n) is 10.2. The van der Waals surface area contributed by atoms with Gasteiger partial charge in [-0.05, 0) is 53.9 Å². The number of amides is 2. The van der Waals surface area contributed by atoms with Crippen LogP contribution in [0.2, 0.25) is 0 Å². The maximum Gasteiger partial charge on any atom is 0.305 e. The Bertz CT molecular complexity index is 1560. The maximum atomic E-state index is 12.8. The molecule has 4 N–H and O–H groups in total. The van der Waals surface area contributed by atoms with Crippen LogP contribution in [0.4, 0.5) is 17.4 Å². The van der Waals surface area contributed by atoms with Crippen molar-refractivity contribution in [1.29, 1.82) is 0 Å². The van der Waals surface area contributed by atoms with Crippen molar-refractivity contribution in [1.82, 2.24) is 15.2 Å². The number of hydrogen-bond donors (Lipinski definition) is 4. The highest BCUT2D eigenvalue weighted by Crippen LogP contribution is 2.25. The van der Waals surface area contributed by atoms with Crippen molar-refractivity contribution in [3.05, 3.63) is 83.4 Å². The number of carbonyl (C=O) groups excluding carboxylic acids is 2. The Balaban J connectivity index is 1.18. The molecule has 1 fully saturated rings. The van der Waals surface area contributed by atoms with Crippen LogP contribution in [0.15, 0.2) is 71.1 Å². The van der Waals surface area contributed by atoms with Gasteiger partial charge in [0.05, 0.1) is 38.6 Å². The lowest BCUT2D eigenvalue weighted by Gasteiger charge is -2.27. The third-order valence-electron chi connectivity index (χ3n) is 6.99. The van der Waals surface area contributed by atoms with Crippen molar-refractivity contribution in [2.24, 2.45) is 0 Å². The molecule has 0 radical (unpaired) electrons. The second kappa shape index (κ2) is 13.3. The number of morpholine rings is 1. The molecule has 11 nitrogen and oxygen atoms in total. The van der Waals surface area contributed by atoms with Gasteiger partial charge < -0.3 is 30.2 Å². The Labute approximate surface area is 242 Å². The summed E-state index contributed by atoms with van der Waals surface area (Å²) in [5, 5.41) is 18.3. The maximum absolute atomic E-state index is 12.8. The minimum Gasteiger partial charge on any atom is -0.481 e. The number of aryl methyl sites for hydroxylation is 1. The van der Waals surface area contributed by atoms with Crippen LogP contribution in [0.25, 0.3) is 11.1 Å². The SMILES string of the molecule is Cc1ccccc1Nc1nc2ccc(CC(=O)Nc3ccc([C@@H](CC(=O)O)NC(=O)CN4CCOCC4)cc3)cc2o1. The summed E-state index contributed by atoms with van der Waals surface area (Å²) in [6, 6.07) is 19.8. The number of nitrogens with one attached hydrogen (secondary N) is 3. The van der Waals surface area contributed by atoms with E-state index in [9.17, 15) is 19.5 Å². The van der Waals surface area contributed by atoms with Crippen molar-refractivity contribution in [2.45, 2.75) is 25.8 Å². The number of ether oxygens (including phenoxy) is 1. The van der Waals surface area contributed by atoms with E-state index < -0.39 is 12.0 Å². The lowest BCUT2D eigenvalue weighted by Crippen LogP contribution is -2.44. The van der Waals surface area contributed by atoms with E-state index in [1.807, 2.05) is 48.2 Å². The van der Waals surface area contributed by atoms with Crippen LogP contribution in [0.3, 0.4) is 0 Å². The summed E-state index contributed by atoms with van der Waals surface area (Å²) in [6.45, 7) is 4.63. The molecule has 0 unspecified atom stereocenters. The summed E-state index contributed by atoms with van der Waals surface area (Å²) in [5.41, 5.74) is 5.18. The first kappa shape index (κ1) is 28.8. The smallest absolute Gasteiger partial charge is 0.305 e. The molecule has 2 heterocycles. The summed E-state index contributed by atoms with van der Waals surface area (Å²) in [6.07, 6.45) is -0.134. The zero-order valence-electron chi connectivity index (χ0n) is 23.3. The van der Waals surface area contributed by atoms with Crippen molar-refractivity contribution in [3.8, 4) is 0 Å². The standard InChI is InChI=1S/C31H33N5O6/c1-20-4-2-3-5-24(20)34-31-35-25-11-6-21(16-27(25)42-31)17-28(37)32-23-9-7-22(8-10-23)26(18-30(39)40)33-29(38)19-36-12-14-41-15-13-36/h2-11,16,26H,12-15,17-19H2,1H3,(H,32,37)(H,33,38)(H,34,35)(H,39,40)/t26-/m1/s1. The van der Waals surface area contributed by atoms with Gasteiger partial charge in [0.15, 0.2) is 5.58 Å². The Hall–Kier alpha value is -4.74. The number of carbonyl (C=O) groups is 3. The molecule has 2 amide bonds. The quantitative estimate of drug-likeness (QED) is 0.210. The molecule has 218 valence electrons. The Kier molecular flexibility index (Phi) is 9.10. The normalized spacial score (nSPS) is 14.3. The molecule has 0 spiro atoms. The summed E-state index contributed by atoms with van der Waals surface area (Å²) >= 11 is 0. The van der Waals surface area contributed by atoms with Crippen molar-refractivity contribution in [3.63, 3.8) is 0 Å². The predicted octanol–water partition coefficient (Wildman–Crippen LogP) is 4.03. The molecule has 0 bridgehead atoms. The van der Waals surface area contributed by atoms with Gasteiger partial charge >= 0.3 is 5.97 Å². The summed E-state index contributed by atoms with van der Waals surface area (Å²) in [5.74, 6) is -1.49. The number of carboxylic acid groups (broad SMARTS) is 1. The number of aromatic nitrogens is 1. The average Bonchev–Trinajstić information content (AvgIpc) is 3.36. The van der Waals surface area contributed by atoms with Gasteiger partial charge in [-0.25, -0.2) is 0 Å². The molecule has 5 rings (SSSR count). The van der Waals surface area contributed by atoms with E-state index in [0.717, 1.165) is 16.8 Å². The van der Waals surface area contributed by atoms with E-state index >= 15 is 0 Å². The third-order valence-corrected chi connectivity index (χ3v) is 6.99. The fourth-order valence-corrected chi connectivity index (χ4v) is 4.78. The van der Waals surface area contributed by atoms with Crippen LogP contribution in [-0.2, 0) is 25.5 Å². The van der Waals surface area contributed by atoms with E-state index in [4.69, 9.17) is 9.15 Å². The van der Waals surface area contributed by atoms with Crippen molar-refractivity contribution < 1.29 is 28.6 Å². The van der Waals surface area contributed by atoms with Gasteiger partial charge in [0.25, 0.3) is 6.01 Å². The highest BCUT2D eigenvalue weighted by Gasteiger charge is 2.21. The van der Waals surface area contributed by atoms with E-state index in [-0.39, 0.29) is 31.2 Å². The minimum atomic E-state index is -1.02. The van der Waals surface area contributed by atoms with Gasteiger partial charge in [0.1, 0.15) is 5.52 Å². The molecule has 1 aliphatic rings. The molecule has 0 saturated carbocycles. The number of hydrogen-bond acceptors (Lipinski definition) is 8. The molecular weight excluding hydrogens is 538 g/mol. The Morgan fingerprint density at radius 3 is 2.50 bits per heavy atom. The summed E-state index contributed by atoms with van der Waals surface area (Å²) < 4.78 is 11.2. The van der Waals surface area contributed by atoms with E-state index in [0.29, 0.717) is 54.7 Å². The monoisotopic (exact) mass is 571 g/mol. The predicted molar refractivity (Wildman–Crippen MR) is 158 cm³/mol. The van der Waals surface area contributed by atoms with Crippen LogP contribution >= 0.6 is 0 Å². The number of oxazole rings is 1. The number of aliphatic carboxylic acids is 1. The fraction of sp³-hybridized carbons (Fsp3) is 0.290. The molecule has 1 atom stereocenters. The van der Waals surface area contributed by atoms with Gasteiger partial charge in [0, 0.05) is 24.5 Å². The van der Waals surface area contributed by atoms with E-state index in [2.05, 4.69) is 20.9 Å². The molecule has 1 aliphatic heterocycles. The molecule has 11 heteroatoms. The van der Waals surface area contributed by atoms with Crippen molar-refractivity contribution in [2.75, 3.05) is 43.5 Å². The lowest BCUT2D eigenvalue weighted by molar-refractivity contribution is -0.137. The van der Waals surface area contributed by atoms with Crippen LogP contribution in [-0.4, -0.2) is 65.6 Å². The van der Waals surface area contributed by atoms with Crippen LogP contribution in [0, 0.1) is 6.92 Å². The van der Waals surface area contributed by atoms with Gasteiger partial charge in [-0.2, -0.15) is 4.98 Å². The molecule has 0 aliphatic carbocycles. The topological polar surface area (TPSA) is 146 Å². The van der Waals surface area contributed by atoms with Gasteiger partial charge in [-0.3, -0.25) is 19.3 Å². The van der Waals surface area contributed by atoms with Crippen LogP contribution < -0.4 is 16.0 Å². The first-order valence-corrected chi connectivity index (χ1v) is 13.8. The van der Waals surface area contributed by atoms with Crippen LogP contribution in [0.1, 0.15) is 29.2 Å². The van der Waals surface area contributed by atoms with Gasteiger partial charge in [-0.15, -0.1) is 0 Å². The second-order valence-corrected chi connectivity index (χ2v) is 10.2. The minimum absolute atomic E-state index is 0.123. The highest BCUT2D eigenvalue weighted by molar-refractivity contribution is 5.93. The number of para-hydroxylation sites is 1. The summed E-state index contributed by atoms with van der Waals surface area (Å²) in [7, 11) is 0. The summed E-state index contributed by atoms with van der Waals surface area (Å²) in [4.78, 5) is 43.3. The molecule has 42 heavy (non-hydrogen) atoms. The zero-order chi connectivity index (χ0) is 29.5. The average molecular weight is 572 g/mol. The zero-order valence-corrected chi connectivity index (χ0v) is 23.3. The first-order chi connectivity index (χ1) is 20.3. The number of rotatable bonds is 11. The molecule has 1 aromatic heterocycles. The number of nitrogens with zero attached hydrogens (tertiary/aromatic N) is 2. The highest BCUT2D eigenvalue weighted by atomic mass is 16.5. The van der Waals surface area contributed by atoms with E-state index in [1.165, 1.54) is 0 Å². The number of carboxylic acids is 1.